The third-order valence-electron chi connectivity index (χ3n) is 2.30. The lowest BCUT2D eigenvalue weighted by atomic mass is 10.2. The van der Waals surface area contributed by atoms with Gasteiger partial charge in [0.2, 0.25) is 11.8 Å². The van der Waals surface area contributed by atoms with E-state index in [2.05, 4.69) is 10.6 Å². The summed E-state index contributed by atoms with van der Waals surface area (Å²) in [6.45, 7) is 0.793. The molecule has 2 amide bonds. The fraction of sp³-hybridized carbons (Fsp3) is 0.667. The maximum Gasteiger partial charge on any atom is 0.239 e. The smallest absolute Gasteiger partial charge is 0.239 e. The fourth-order valence-electron chi connectivity index (χ4n) is 1.43. The van der Waals surface area contributed by atoms with Crippen LogP contribution in [0.25, 0.3) is 0 Å². The van der Waals surface area contributed by atoms with E-state index < -0.39 is 0 Å². The number of nitrogens with one attached hydrogen (secondary N) is 2. The van der Waals surface area contributed by atoms with E-state index >= 15 is 0 Å². The van der Waals surface area contributed by atoms with Crippen LogP contribution in [0.15, 0.2) is 0 Å². The fourth-order valence-corrected chi connectivity index (χ4v) is 1.43. The first-order valence-electron chi connectivity index (χ1n) is 4.77. The van der Waals surface area contributed by atoms with E-state index in [4.69, 9.17) is 5.26 Å². The van der Waals surface area contributed by atoms with Gasteiger partial charge in [0.05, 0.1) is 18.7 Å². The van der Waals surface area contributed by atoms with Crippen LogP contribution in [0.4, 0.5) is 0 Å². The van der Waals surface area contributed by atoms with Gasteiger partial charge in [0.15, 0.2) is 0 Å². The number of rotatable bonds is 4. The van der Waals surface area contributed by atoms with E-state index in [1.54, 1.807) is 11.9 Å². The highest BCUT2D eigenvalue weighted by molar-refractivity contribution is 5.85. The average molecular weight is 210 g/mol. The number of hydrogen-bond acceptors (Lipinski definition) is 4. The topological polar surface area (TPSA) is 85.2 Å². The van der Waals surface area contributed by atoms with Gasteiger partial charge in [-0.05, 0) is 6.42 Å². The molecular formula is C9H14N4O2. The summed E-state index contributed by atoms with van der Waals surface area (Å²) in [5.41, 5.74) is 0. The van der Waals surface area contributed by atoms with Gasteiger partial charge in [-0.25, -0.2) is 0 Å². The van der Waals surface area contributed by atoms with Crippen molar-refractivity contribution in [1.29, 1.82) is 5.26 Å². The number of carbonyl (C=O) groups excluding carboxylic acids is 2. The zero-order valence-corrected chi connectivity index (χ0v) is 8.62. The summed E-state index contributed by atoms with van der Waals surface area (Å²) in [5.74, 6) is -0.248. The lowest BCUT2D eigenvalue weighted by molar-refractivity contribution is -0.128. The summed E-state index contributed by atoms with van der Waals surface area (Å²) in [6, 6.07) is 1.55. The summed E-state index contributed by atoms with van der Waals surface area (Å²) in [7, 11) is 1.74. The van der Waals surface area contributed by atoms with E-state index in [1.165, 1.54) is 0 Å². The first-order chi connectivity index (χ1) is 7.15. The van der Waals surface area contributed by atoms with Crippen LogP contribution in [0.3, 0.4) is 0 Å². The van der Waals surface area contributed by atoms with Crippen molar-refractivity contribution in [3.05, 3.63) is 0 Å². The van der Waals surface area contributed by atoms with Crippen molar-refractivity contribution < 1.29 is 9.59 Å². The predicted octanol–water partition coefficient (Wildman–Crippen LogP) is -1.55. The van der Waals surface area contributed by atoms with Gasteiger partial charge in [0.1, 0.15) is 6.54 Å². The van der Waals surface area contributed by atoms with E-state index in [-0.39, 0.29) is 30.9 Å². The molecule has 2 N–H and O–H groups in total. The average Bonchev–Trinajstić information content (AvgIpc) is 2.54. The minimum absolute atomic E-state index is 0.000963. The number of hydrogen-bond donors (Lipinski definition) is 2. The largest absolute Gasteiger partial charge is 0.344 e. The van der Waals surface area contributed by atoms with Gasteiger partial charge in [0, 0.05) is 13.6 Å². The van der Waals surface area contributed by atoms with Crippen LogP contribution in [0.2, 0.25) is 0 Å². The Kier molecular flexibility index (Phi) is 4.06. The van der Waals surface area contributed by atoms with Crippen molar-refractivity contribution in [2.75, 3.05) is 26.7 Å². The molecule has 0 aromatic carbocycles. The minimum Gasteiger partial charge on any atom is -0.344 e. The van der Waals surface area contributed by atoms with Crippen LogP contribution in [0.5, 0.6) is 0 Å². The van der Waals surface area contributed by atoms with E-state index in [9.17, 15) is 9.59 Å². The molecule has 1 saturated heterocycles. The monoisotopic (exact) mass is 210 g/mol. The molecule has 1 fully saturated rings. The van der Waals surface area contributed by atoms with Crippen LogP contribution in [0.1, 0.15) is 6.42 Å². The molecule has 0 saturated carbocycles. The van der Waals surface area contributed by atoms with Crippen LogP contribution >= 0.6 is 0 Å². The number of likely N-dealkylation sites (N-methyl/N-ethyl adjacent to an activating group) is 1. The maximum absolute atomic E-state index is 11.4. The molecule has 0 bridgehead atoms. The SMILES string of the molecule is CN1CCC(NCC(=O)NCC#N)C1=O. The first kappa shape index (κ1) is 11.5. The predicted molar refractivity (Wildman–Crippen MR) is 52.7 cm³/mol. The van der Waals surface area contributed by atoms with Crippen LogP contribution in [0, 0.1) is 11.3 Å². The van der Waals surface area contributed by atoms with E-state index in [0.717, 1.165) is 13.0 Å². The summed E-state index contributed by atoms with van der Waals surface area (Å²) in [6.07, 6.45) is 0.723. The van der Waals surface area contributed by atoms with Crippen molar-refractivity contribution in [1.82, 2.24) is 15.5 Å². The molecule has 82 valence electrons. The van der Waals surface area contributed by atoms with Crippen LogP contribution < -0.4 is 10.6 Å². The van der Waals surface area contributed by atoms with Gasteiger partial charge in [-0.3, -0.25) is 14.9 Å². The zero-order valence-electron chi connectivity index (χ0n) is 8.62. The second kappa shape index (κ2) is 5.32. The Morgan fingerprint density at radius 3 is 3.00 bits per heavy atom. The third kappa shape index (κ3) is 3.22. The van der Waals surface area contributed by atoms with Crippen LogP contribution in [-0.2, 0) is 9.59 Å². The molecular weight excluding hydrogens is 196 g/mol. The second-order valence-electron chi connectivity index (χ2n) is 3.42. The summed E-state index contributed by atoms with van der Waals surface area (Å²) in [5, 5.41) is 13.5. The summed E-state index contributed by atoms with van der Waals surface area (Å²) < 4.78 is 0. The Balaban J connectivity index is 2.23. The highest BCUT2D eigenvalue weighted by Crippen LogP contribution is 2.07. The normalized spacial score (nSPS) is 20.1. The molecule has 1 aliphatic rings. The third-order valence-corrected chi connectivity index (χ3v) is 2.30. The molecule has 0 aromatic heterocycles. The Morgan fingerprint density at radius 2 is 2.47 bits per heavy atom. The molecule has 6 nitrogen and oxygen atoms in total. The molecule has 15 heavy (non-hydrogen) atoms. The van der Waals surface area contributed by atoms with Crippen molar-refractivity contribution in [2.45, 2.75) is 12.5 Å². The minimum atomic E-state index is -0.265. The number of likely N-dealkylation sites (tertiary alicyclic amines) is 1. The maximum atomic E-state index is 11.4. The highest BCUT2D eigenvalue weighted by Gasteiger charge is 2.28. The van der Waals surface area contributed by atoms with Gasteiger partial charge in [-0.15, -0.1) is 0 Å². The number of nitriles is 1. The number of amides is 2. The molecule has 0 radical (unpaired) electrons. The molecule has 1 unspecified atom stereocenters. The van der Waals surface area contributed by atoms with Crippen molar-refractivity contribution >= 4 is 11.8 Å². The molecule has 0 spiro atoms. The molecule has 0 aliphatic carbocycles. The van der Waals surface area contributed by atoms with Gasteiger partial charge < -0.3 is 10.2 Å². The van der Waals surface area contributed by atoms with E-state index in [0.29, 0.717) is 0 Å². The Labute approximate surface area is 88.2 Å². The lowest BCUT2D eigenvalue weighted by Crippen LogP contribution is -2.42. The summed E-state index contributed by atoms with van der Waals surface area (Å²) >= 11 is 0. The Hall–Kier alpha value is -1.61. The molecule has 1 heterocycles. The first-order valence-corrected chi connectivity index (χ1v) is 4.77. The van der Waals surface area contributed by atoms with Gasteiger partial charge in [0.25, 0.3) is 0 Å². The Morgan fingerprint density at radius 1 is 1.73 bits per heavy atom. The van der Waals surface area contributed by atoms with E-state index in [1.807, 2.05) is 6.07 Å². The highest BCUT2D eigenvalue weighted by atomic mass is 16.2. The molecule has 1 atom stereocenters. The zero-order chi connectivity index (χ0) is 11.3. The molecule has 1 aliphatic heterocycles. The standard InChI is InChI=1S/C9H14N4O2/c1-13-5-2-7(9(13)15)12-6-8(14)11-4-3-10/h7,12H,2,4-6H2,1H3,(H,11,14). The van der Waals surface area contributed by atoms with Crippen LogP contribution in [-0.4, -0.2) is 49.4 Å². The lowest BCUT2D eigenvalue weighted by Gasteiger charge is -2.11. The quantitative estimate of drug-likeness (QED) is 0.550. The van der Waals surface area contributed by atoms with Crippen molar-refractivity contribution in [2.24, 2.45) is 0 Å². The summed E-state index contributed by atoms with van der Waals surface area (Å²) in [4.78, 5) is 24.1. The van der Waals surface area contributed by atoms with Gasteiger partial charge >= 0.3 is 0 Å². The molecule has 0 aromatic rings. The van der Waals surface area contributed by atoms with Gasteiger partial charge in [-0.2, -0.15) is 5.26 Å². The Bertz CT molecular complexity index is 297. The number of nitrogens with zero attached hydrogens (tertiary/aromatic N) is 2. The number of carbonyl (C=O) groups is 2. The second-order valence-corrected chi connectivity index (χ2v) is 3.42. The van der Waals surface area contributed by atoms with Crippen molar-refractivity contribution in [3.8, 4) is 6.07 Å². The van der Waals surface area contributed by atoms with Gasteiger partial charge in [-0.1, -0.05) is 0 Å². The van der Waals surface area contributed by atoms with Crippen molar-refractivity contribution in [3.63, 3.8) is 0 Å². The molecule has 1 rings (SSSR count). The molecule has 6 heteroatoms.